The molecule has 1 saturated heterocycles. The van der Waals surface area contributed by atoms with Gasteiger partial charge in [0.2, 0.25) is 5.91 Å². The molecule has 4 aliphatic carbocycles. The first-order valence-electron chi connectivity index (χ1n) is 10.5. The number of likely N-dealkylation sites (N-methyl/N-ethyl adjacent to an activating group) is 1. The Kier molecular flexibility index (Phi) is 3.76. The number of nitrogens with zero attached hydrogens (tertiary/aromatic N) is 2. The number of hydrogen-bond donors (Lipinski definition) is 0. The van der Waals surface area contributed by atoms with Gasteiger partial charge in [0.25, 0.3) is 0 Å². The lowest BCUT2D eigenvalue weighted by molar-refractivity contribution is -0.161. The van der Waals surface area contributed by atoms with E-state index in [9.17, 15) is 4.79 Å². The Balaban J connectivity index is 1.47. The summed E-state index contributed by atoms with van der Waals surface area (Å²) in [4.78, 5) is 18.2. The van der Waals surface area contributed by atoms with Gasteiger partial charge in [0.15, 0.2) is 0 Å². The highest BCUT2D eigenvalue weighted by Gasteiger charge is 2.61. The standard InChI is InChI=1S/C23H32N2O/c1-17-3-5-20(6-4-17)22-12-18-11-19(13-22)15-23(14-18,16-22)21(26)25-9-7-24(2)8-10-25/h3-6,18-19H,7-16H2,1-2H3/t18-,19-,22?,23?/m1/s1. The molecule has 5 fully saturated rings. The molecular formula is C23H32N2O. The number of carbonyl (C=O) groups excluding carboxylic acids is 1. The normalized spacial score (nSPS) is 39.4. The summed E-state index contributed by atoms with van der Waals surface area (Å²) < 4.78 is 0. The first-order valence-corrected chi connectivity index (χ1v) is 10.5. The second-order valence-electron chi connectivity index (χ2n) is 9.98. The minimum Gasteiger partial charge on any atom is -0.340 e. The lowest BCUT2D eigenvalue weighted by atomic mass is 9.42. The van der Waals surface area contributed by atoms with Gasteiger partial charge in [-0.1, -0.05) is 29.8 Å². The van der Waals surface area contributed by atoms with Gasteiger partial charge in [0.05, 0.1) is 5.41 Å². The summed E-state index contributed by atoms with van der Waals surface area (Å²) in [5.74, 6) is 2.01. The molecule has 1 aromatic rings. The van der Waals surface area contributed by atoms with Crippen molar-refractivity contribution in [2.24, 2.45) is 17.3 Å². The molecule has 2 atom stereocenters. The lowest BCUT2D eigenvalue weighted by Crippen LogP contribution is -2.61. The fourth-order valence-corrected chi connectivity index (χ4v) is 7.10. The van der Waals surface area contributed by atoms with Crippen LogP contribution in [0.2, 0.25) is 0 Å². The van der Waals surface area contributed by atoms with Crippen molar-refractivity contribution in [3.05, 3.63) is 35.4 Å². The van der Waals surface area contributed by atoms with Gasteiger partial charge in [-0.05, 0) is 75.3 Å². The van der Waals surface area contributed by atoms with E-state index in [0.29, 0.717) is 5.91 Å². The van der Waals surface area contributed by atoms with Crippen molar-refractivity contribution in [3.63, 3.8) is 0 Å². The van der Waals surface area contributed by atoms with E-state index in [0.717, 1.165) is 57.3 Å². The number of aryl methyl sites for hydroxylation is 1. The second-order valence-corrected chi connectivity index (χ2v) is 9.98. The van der Waals surface area contributed by atoms with E-state index >= 15 is 0 Å². The van der Waals surface area contributed by atoms with Gasteiger partial charge in [0.1, 0.15) is 0 Å². The molecule has 1 amide bonds. The van der Waals surface area contributed by atoms with Gasteiger partial charge in [-0.15, -0.1) is 0 Å². The Morgan fingerprint density at radius 2 is 1.58 bits per heavy atom. The van der Waals surface area contributed by atoms with Crippen molar-refractivity contribution < 1.29 is 4.79 Å². The summed E-state index contributed by atoms with van der Waals surface area (Å²) in [5, 5.41) is 0. The summed E-state index contributed by atoms with van der Waals surface area (Å²) >= 11 is 0. The number of amides is 1. The maximum Gasteiger partial charge on any atom is 0.228 e. The summed E-state index contributed by atoms with van der Waals surface area (Å²) in [5.41, 5.74) is 3.04. The zero-order valence-corrected chi connectivity index (χ0v) is 16.3. The average Bonchev–Trinajstić information content (AvgIpc) is 2.61. The Bertz CT molecular complexity index is 687. The van der Waals surface area contributed by atoms with E-state index in [1.807, 2.05) is 0 Å². The van der Waals surface area contributed by atoms with E-state index in [4.69, 9.17) is 0 Å². The van der Waals surface area contributed by atoms with Gasteiger partial charge in [-0.25, -0.2) is 0 Å². The monoisotopic (exact) mass is 352 g/mol. The average molecular weight is 353 g/mol. The fraction of sp³-hybridized carbons (Fsp3) is 0.696. The first-order chi connectivity index (χ1) is 12.5. The minimum absolute atomic E-state index is 0.0646. The maximum absolute atomic E-state index is 13.7. The Labute approximate surface area is 157 Å². The molecule has 0 spiro atoms. The van der Waals surface area contributed by atoms with Crippen LogP contribution in [0.3, 0.4) is 0 Å². The number of piperazine rings is 1. The van der Waals surface area contributed by atoms with Crippen LogP contribution >= 0.6 is 0 Å². The zero-order chi connectivity index (χ0) is 17.9. The third-order valence-electron chi connectivity index (χ3n) is 7.97. The van der Waals surface area contributed by atoms with Gasteiger partial charge in [-0.2, -0.15) is 0 Å². The summed E-state index contributed by atoms with van der Waals surface area (Å²) in [7, 11) is 2.17. The van der Waals surface area contributed by atoms with Crippen molar-refractivity contribution in [2.45, 2.75) is 50.9 Å². The summed E-state index contributed by atoms with van der Waals surface area (Å²) in [6, 6.07) is 9.25. The lowest BCUT2D eigenvalue weighted by Gasteiger charge is -2.62. The van der Waals surface area contributed by atoms with Crippen LogP contribution in [0.4, 0.5) is 0 Å². The molecule has 0 radical (unpaired) electrons. The molecule has 5 aliphatic rings. The zero-order valence-electron chi connectivity index (χ0n) is 16.3. The van der Waals surface area contributed by atoms with E-state index in [1.54, 1.807) is 0 Å². The summed E-state index contributed by atoms with van der Waals surface area (Å²) in [6.07, 6.45) is 7.39. The molecule has 3 nitrogen and oxygen atoms in total. The highest BCUT2D eigenvalue weighted by Crippen LogP contribution is 2.66. The molecule has 0 unspecified atom stereocenters. The topological polar surface area (TPSA) is 23.6 Å². The maximum atomic E-state index is 13.7. The predicted molar refractivity (Wildman–Crippen MR) is 104 cm³/mol. The van der Waals surface area contributed by atoms with Crippen LogP contribution in [0.15, 0.2) is 24.3 Å². The Morgan fingerprint density at radius 1 is 0.962 bits per heavy atom. The Hall–Kier alpha value is -1.35. The van der Waals surface area contributed by atoms with Crippen molar-refractivity contribution in [1.82, 2.24) is 9.80 Å². The third-order valence-corrected chi connectivity index (χ3v) is 7.97. The molecule has 26 heavy (non-hydrogen) atoms. The van der Waals surface area contributed by atoms with E-state index < -0.39 is 0 Å². The molecule has 3 heteroatoms. The highest BCUT2D eigenvalue weighted by molar-refractivity contribution is 5.84. The molecule has 6 rings (SSSR count). The quantitative estimate of drug-likeness (QED) is 0.812. The molecule has 1 aromatic carbocycles. The van der Waals surface area contributed by atoms with E-state index in [2.05, 4.69) is 48.0 Å². The van der Waals surface area contributed by atoms with Gasteiger partial charge < -0.3 is 9.80 Å². The van der Waals surface area contributed by atoms with Crippen molar-refractivity contribution in [2.75, 3.05) is 33.2 Å². The summed E-state index contributed by atoms with van der Waals surface area (Å²) in [6.45, 7) is 6.06. The molecule has 140 valence electrons. The first kappa shape index (κ1) is 16.8. The van der Waals surface area contributed by atoms with Crippen LogP contribution in [-0.4, -0.2) is 48.9 Å². The van der Waals surface area contributed by atoms with Crippen LogP contribution in [0.25, 0.3) is 0 Å². The number of benzene rings is 1. The molecule has 4 bridgehead atoms. The SMILES string of the molecule is Cc1ccc(C23C[C@H]4C[C@@H](CC(C(=O)N5CCN(C)CC5)(C4)C2)C3)cc1. The molecule has 0 aromatic heterocycles. The number of carbonyl (C=O) groups is 1. The van der Waals surface area contributed by atoms with Crippen LogP contribution in [0.5, 0.6) is 0 Å². The van der Waals surface area contributed by atoms with E-state index in [-0.39, 0.29) is 10.8 Å². The number of rotatable bonds is 2. The molecule has 4 saturated carbocycles. The van der Waals surface area contributed by atoms with Gasteiger partial charge in [-0.3, -0.25) is 4.79 Å². The largest absolute Gasteiger partial charge is 0.340 e. The van der Waals surface area contributed by atoms with Gasteiger partial charge in [0, 0.05) is 26.2 Å². The van der Waals surface area contributed by atoms with Crippen molar-refractivity contribution >= 4 is 5.91 Å². The minimum atomic E-state index is -0.0646. The predicted octanol–water partition coefficient (Wildman–Crippen LogP) is 3.61. The van der Waals surface area contributed by atoms with E-state index in [1.165, 1.54) is 30.4 Å². The second kappa shape index (κ2) is 5.82. The molecular weight excluding hydrogens is 320 g/mol. The van der Waals surface area contributed by atoms with Crippen LogP contribution in [-0.2, 0) is 10.2 Å². The van der Waals surface area contributed by atoms with Crippen molar-refractivity contribution in [1.29, 1.82) is 0 Å². The number of hydrogen-bond acceptors (Lipinski definition) is 2. The molecule has 0 N–H and O–H groups in total. The van der Waals surface area contributed by atoms with Crippen LogP contribution in [0.1, 0.15) is 49.7 Å². The Morgan fingerprint density at radius 3 is 2.19 bits per heavy atom. The molecule has 1 aliphatic heterocycles. The fourth-order valence-electron chi connectivity index (χ4n) is 7.10. The van der Waals surface area contributed by atoms with Crippen LogP contribution in [0, 0.1) is 24.2 Å². The smallest absolute Gasteiger partial charge is 0.228 e. The van der Waals surface area contributed by atoms with Crippen LogP contribution < -0.4 is 0 Å². The van der Waals surface area contributed by atoms with Crippen molar-refractivity contribution in [3.8, 4) is 0 Å². The highest BCUT2D eigenvalue weighted by atomic mass is 16.2. The van der Waals surface area contributed by atoms with Gasteiger partial charge >= 0.3 is 0 Å². The third kappa shape index (κ3) is 2.54. The molecule has 1 heterocycles.